The maximum atomic E-state index is 13.1. The van der Waals surface area contributed by atoms with E-state index in [1.54, 1.807) is 17.0 Å². The minimum Gasteiger partial charge on any atom is -0.467 e. The molecule has 1 aliphatic heterocycles. The molecule has 0 aromatic heterocycles. The second-order valence-electron chi connectivity index (χ2n) is 9.37. The zero-order chi connectivity index (χ0) is 22.7. The van der Waals surface area contributed by atoms with Gasteiger partial charge in [0.15, 0.2) is 5.60 Å². The Labute approximate surface area is 178 Å². The Bertz CT molecular complexity index is 772. The summed E-state index contributed by atoms with van der Waals surface area (Å²) in [6, 6.07) is 6.72. The van der Waals surface area contributed by atoms with E-state index in [0.29, 0.717) is 5.56 Å². The SMILES string of the molecule is COC(=O)C1(O)CCN(C(=O)[C@H](NC(=O)c2ccc(C(C)(C)C)cc2)C(C)C)CC1. The molecule has 2 rings (SSSR count). The van der Waals surface area contributed by atoms with E-state index in [4.69, 9.17) is 0 Å². The van der Waals surface area contributed by atoms with Crippen molar-refractivity contribution in [3.8, 4) is 0 Å². The van der Waals surface area contributed by atoms with Crippen LogP contribution in [0.1, 0.15) is 63.4 Å². The van der Waals surface area contributed by atoms with Crippen LogP contribution in [0.3, 0.4) is 0 Å². The van der Waals surface area contributed by atoms with Gasteiger partial charge in [0.1, 0.15) is 6.04 Å². The summed E-state index contributed by atoms with van der Waals surface area (Å²) in [7, 11) is 1.23. The molecule has 1 aliphatic rings. The number of hydrogen-bond acceptors (Lipinski definition) is 5. The molecule has 1 atom stereocenters. The highest BCUT2D eigenvalue weighted by Gasteiger charge is 2.42. The van der Waals surface area contributed by atoms with Crippen LogP contribution in [0.15, 0.2) is 24.3 Å². The van der Waals surface area contributed by atoms with E-state index >= 15 is 0 Å². The Balaban J connectivity index is 2.06. The topological polar surface area (TPSA) is 95.9 Å². The lowest BCUT2D eigenvalue weighted by atomic mass is 9.86. The van der Waals surface area contributed by atoms with Gasteiger partial charge in [-0.15, -0.1) is 0 Å². The van der Waals surface area contributed by atoms with Gasteiger partial charge >= 0.3 is 5.97 Å². The maximum Gasteiger partial charge on any atom is 0.337 e. The van der Waals surface area contributed by atoms with Crippen molar-refractivity contribution in [2.24, 2.45) is 5.92 Å². The number of hydrogen-bond donors (Lipinski definition) is 2. The molecule has 166 valence electrons. The first-order chi connectivity index (χ1) is 13.9. The number of piperidine rings is 1. The highest BCUT2D eigenvalue weighted by molar-refractivity contribution is 5.97. The molecule has 30 heavy (non-hydrogen) atoms. The third-order valence-electron chi connectivity index (χ3n) is 5.70. The van der Waals surface area contributed by atoms with Gasteiger partial charge in [-0.25, -0.2) is 4.79 Å². The summed E-state index contributed by atoms with van der Waals surface area (Å²) >= 11 is 0. The number of carbonyl (C=O) groups is 3. The molecule has 0 spiro atoms. The number of nitrogens with one attached hydrogen (secondary N) is 1. The zero-order valence-electron chi connectivity index (χ0n) is 18.8. The molecule has 2 N–H and O–H groups in total. The van der Waals surface area contributed by atoms with Crippen LogP contribution in [-0.2, 0) is 19.7 Å². The van der Waals surface area contributed by atoms with Crippen LogP contribution >= 0.6 is 0 Å². The van der Waals surface area contributed by atoms with Gasteiger partial charge in [0.05, 0.1) is 7.11 Å². The number of ether oxygens (including phenoxy) is 1. The Hall–Kier alpha value is -2.41. The Morgan fingerprint density at radius 2 is 1.63 bits per heavy atom. The first-order valence-electron chi connectivity index (χ1n) is 10.4. The second-order valence-corrected chi connectivity index (χ2v) is 9.37. The van der Waals surface area contributed by atoms with Gasteiger partial charge in [-0.1, -0.05) is 46.8 Å². The van der Waals surface area contributed by atoms with Gasteiger partial charge in [-0.2, -0.15) is 0 Å². The van der Waals surface area contributed by atoms with Crippen LogP contribution < -0.4 is 5.32 Å². The first-order valence-corrected chi connectivity index (χ1v) is 10.4. The smallest absolute Gasteiger partial charge is 0.337 e. The molecule has 0 bridgehead atoms. The average molecular weight is 419 g/mol. The van der Waals surface area contributed by atoms with Crippen LogP contribution in [0, 0.1) is 5.92 Å². The summed E-state index contributed by atoms with van der Waals surface area (Å²) in [6.45, 7) is 10.5. The number of methoxy groups -OCH3 is 1. The van der Waals surface area contributed by atoms with Crippen molar-refractivity contribution in [2.45, 2.75) is 64.5 Å². The lowest BCUT2D eigenvalue weighted by Gasteiger charge is -2.38. The number of rotatable bonds is 5. The Morgan fingerprint density at radius 1 is 1.10 bits per heavy atom. The lowest BCUT2D eigenvalue weighted by Crippen LogP contribution is -2.56. The number of esters is 1. The second kappa shape index (κ2) is 9.16. The van der Waals surface area contributed by atoms with Gasteiger partial charge in [0.25, 0.3) is 5.91 Å². The van der Waals surface area contributed by atoms with Crippen LogP contribution in [-0.4, -0.2) is 59.6 Å². The van der Waals surface area contributed by atoms with Crippen molar-refractivity contribution in [2.75, 3.05) is 20.2 Å². The fourth-order valence-electron chi connectivity index (χ4n) is 3.55. The van der Waals surface area contributed by atoms with E-state index < -0.39 is 17.6 Å². The minimum atomic E-state index is -1.56. The number of benzene rings is 1. The number of nitrogens with zero attached hydrogens (tertiary/aromatic N) is 1. The monoisotopic (exact) mass is 418 g/mol. The molecule has 0 radical (unpaired) electrons. The van der Waals surface area contributed by atoms with E-state index in [9.17, 15) is 19.5 Å². The fourth-order valence-corrected chi connectivity index (χ4v) is 3.55. The summed E-state index contributed by atoms with van der Waals surface area (Å²) in [5.74, 6) is -1.30. The van der Waals surface area contributed by atoms with Crippen molar-refractivity contribution in [1.82, 2.24) is 10.2 Å². The molecular weight excluding hydrogens is 384 g/mol. The highest BCUT2D eigenvalue weighted by Crippen LogP contribution is 2.25. The highest BCUT2D eigenvalue weighted by atomic mass is 16.5. The van der Waals surface area contributed by atoms with Gasteiger partial charge in [0.2, 0.25) is 5.91 Å². The number of likely N-dealkylation sites (tertiary alicyclic amines) is 1. The number of aliphatic hydroxyl groups is 1. The lowest BCUT2D eigenvalue weighted by molar-refractivity contribution is -0.169. The van der Waals surface area contributed by atoms with Crippen LogP contribution in [0.4, 0.5) is 0 Å². The van der Waals surface area contributed by atoms with Crippen molar-refractivity contribution in [1.29, 1.82) is 0 Å². The molecule has 1 saturated heterocycles. The van der Waals surface area contributed by atoms with E-state index in [-0.39, 0.29) is 49.1 Å². The average Bonchev–Trinajstić information content (AvgIpc) is 2.70. The molecule has 7 heteroatoms. The van der Waals surface area contributed by atoms with Crippen LogP contribution in [0.25, 0.3) is 0 Å². The van der Waals surface area contributed by atoms with Gasteiger partial charge in [-0.05, 0) is 29.0 Å². The Morgan fingerprint density at radius 3 is 2.07 bits per heavy atom. The summed E-state index contributed by atoms with van der Waals surface area (Å²) < 4.78 is 4.66. The van der Waals surface area contributed by atoms with Crippen molar-refractivity contribution in [3.63, 3.8) is 0 Å². The van der Waals surface area contributed by atoms with Gasteiger partial charge < -0.3 is 20.1 Å². The molecule has 0 aliphatic carbocycles. The van der Waals surface area contributed by atoms with Crippen molar-refractivity contribution < 1.29 is 24.2 Å². The largest absolute Gasteiger partial charge is 0.467 e. The molecule has 1 fully saturated rings. The Kier molecular flexibility index (Phi) is 7.29. The van der Waals surface area contributed by atoms with E-state index in [1.807, 2.05) is 26.0 Å². The molecular formula is C23H34N2O5. The minimum absolute atomic E-state index is 0.00811. The number of amides is 2. The quantitative estimate of drug-likeness (QED) is 0.715. The fraction of sp³-hybridized carbons (Fsp3) is 0.609. The molecule has 1 aromatic carbocycles. The summed E-state index contributed by atoms with van der Waals surface area (Å²) in [5.41, 5.74) is 0.0602. The molecule has 7 nitrogen and oxygen atoms in total. The van der Waals surface area contributed by atoms with Crippen LogP contribution in [0.5, 0.6) is 0 Å². The van der Waals surface area contributed by atoms with E-state index in [1.165, 1.54) is 7.11 Å². The predicted octanol–water partition coefficient (Wildman–Crippen LogP) is 2.26. The summed E-state index contributed by atoms with van der Waals surface area (Å²) in [6.07, 6.45) is 0.219. The summed E-state index contributed by atoms with van der Waals surface area (Å²) in [5, 5.41) is 13.2. The van der Waals surface area contributed by atoms with Gasteiger partial charge in [0, 0.05) is 31.5 Å². The molecule has 1 aromatic rings. The van der Waals surface area contributed by atoms with E-state index in [0.717, 1.165) is 5.56 Å². The summed E-state index contributed by atoms with van der Waals surface area (Å²) in [4.78, 5) is 39.2. The number of carbonyl (C=O) groups excluding carboxylic acids is 3. The molecule has 1 heterocycles. The zero-order valence-corrected chi connectivity index (χ0v) is 18.8. The third-order valence-corrected chi connectivity index (χ3v) is 5.70. The van der Waals surface area contributed by atoms with Crippen molar-refractivity contribution >= 4 is 17.8 Å². The normalized spacial score (nSPS) is 17.4. The molecule has 0 unspecified atom stereocenters. The molecule has 0 saturated carbocycles. The van der Waals surface area contributed by atoms with E-state index in [2.05, 4.69) is 30.8 Å². The molecule has 2 amide bonds. The van der Waals surface area contributed by atoms with Crippen LogP contribution in [0.2, 0.25) is 0 Å². The van der Waals surface area contributed by atoms with Gasteiger partial charge in [-0.3, -0.25) is 9.59 Å². The maximum absolute atomic E-state index is 13.1. The third kappa shape index (κ3) is 5.39. The first kappa shape index (κ1) is 23.9. The van der Waals surface area contributed by atoms with Crippen molar-refractivity contribution in [3.05, 3.63) is 35.4 Å². The standard InChI is InChI=1S/C23H34N2O5/c1-15(2)18(20(27)25-13-11-23(29,12-14-25)21(28)30-6)24-19(26)16-7-9-17(10-8-16)22(3,4)5/h7-10,15,18,29H,11-14H2,1-6H3,(H,24,26)/t18-/m1/s1. The predicted molar refractivity (Wildman–Crippen MR) is 114 cm³/mol.